The predicted molar refractivity (Wildman–Crippen MR) is 86.3 cm³/mol. The van der Waals surface area contributed by atoms with Crippen LogP contribution in [-0.2, 0) is 11.2 Å². The summed E-state index contributed by atoms with van der Waals surface area (Å²) in [5.74, 6) is 0.0850. The summed E-state index contributed by atoms with van der Waals surface area (Å²) in [6.45, 7) is 10.2. The third-order valence-electron chi connectivity index (χ3n) is 4.19. The lowest BCUT2D eigenvalue weighted by Crippen LogP contribution is -2.47. The van der Waals surface area contributed by atoms with Crippen LogP contribution >= 0.6 is 0 Å². The number of benzene rings is 1. The van der Waals surface area contributed by atoms with Gasteiger partial charge in [-0.25, -0.2) is 0 Å². The number of hydrogen-bond donors (Lipinski definition) is 2. The zero-order valence-corrected chi connectivity index (χ0v) is 13.4. The van der Waals surface area contributed by atoms with Crippen LogP contribution in [0, 0.1) is 0 Å². The number of fused-ring (bicyclic) bond motifs is 1. The van der Waals surface area contributed by atoms with E-state index in [1.807, 2.05) is 12.1 Å². The molecule has 2 unspecified atom stereocenters. The topological polar surface area (TPSA) is 44.4 Å². The van der Waals surface area contributed by atoms with Crippen molar-refractivity contribution in [2.45, 2.75) is 39.3 Å². The molecule has 116 valence electrons. The molecule has 1 aliphatic heterocycles. The van der Waals surface area contributed by atoms with Crippen molar-refractivity contribution < 1.29 is 4.79 Å². The van der Waals surface area contributed by atoms with E-state index in [2.05, 4.69) is 48.4 Å². The molecule has 0 spiro atoms. The average Bonchev–Trinajstić information content (AvgIpc) is 2.51. The first-order valence-electron chi connectivity index (χ1n) is 7.99. The fourth-order valence-corrected chi connectivity index (χ4v) is 2.98. The maximum atomic E-state index is 12.5. The van der Waals surface area contributed by atoms with Crippen LogP contribution in [0.5, 0.6) is 0 Å². The Morgan fingerprint density at radius 1 is 1.38 bits per heavy atom. The summed E-state index contributed by atoms with van der Waals surface area (Å²) in [7, 11) is 0. The Balaban J connectivity index is 1.98. The predicted octanol–water partition coefficient (Wildman–Crippen LogP) is 1.72. The van der Waals surface area contributed by atoms with E-state index < -0.39 is 0 Å². The number of carbonyl (C=O) groups is 1. The molecule has 4 nitrogen and oxygen atoms in total. The number of carbonyl (C=O) groups excluding carboxylic acids is 1. The molecular weight excluding hydrogens is 262 g/mol. The standard InChI is InChI=1S/C17H27N3O/c1-4-20(5-2)12-13(3)19-17(21)16-15-9-7-6-8-14(15)10-11-18-16/h6-9,13,16,18H,4-5,10-12H2,1-3H3,(H,19,21). The Bertz CT molecular complexity index is 471. The van der Waals surface area contributed by atoms with Gasteiger partial charge in [-0.3, -0.25) is 4.79 Å². The molecule has 1 aromatic rings. The number of nitrogens with zero attached hydrogens (tertiary/aromatic N) is 1. The molecule has 0 saturated heterocycles. The smallest absolute Gasteiger partial charge is 0.242 e. The van der Waals surface area contributed by atoms with Crippen molar-refractivity contribution in [3.63, 3.8) is 0 Å². The molecule has 0 bridgehead atoms. The van der Waals surface area contributed by atoms with E-state index in [9.17, 15) is 4.79 Å². The van der Waals surface area contributed by atoms with E-state index in [1.54, 1.807) is 0 Å². The normalized spacial score (nSPS) is 19.1. The summed E-state index contributed by atoms with van der Waals surface area (Å²) in [4.78, 5) is 14.9. The van der Waals surface area contributed by atoms with E-state index in [-0.39, 0.29) is 18.0 Å². The molecule has 2 rings (SSSR count). The Hall–Kier alpha value is -1.39. The van der Waals surface area contributed by atoms with Crippen LogP contribution in [0.1, 0.15) is 37.9 Å². The summed E-state index contributed by atoms with van der Waals surface area (Å²) in [6, 6.07) is 8.17. The molecule has 4 heteroatoms. The summed E-state index contributed by atoms with van der Waals surface area (Å²) in [6.07, 6.45) is 0.995. The maximum Gasteiger partial charge on any atom is 0.242 e. The van der Waals surface area contributed by atoms with Crippen LogP contribution in [0.15, 0.2) is 24.3 Å². The van der Waals surface area contributed by atoms with Crippen molar-refractivity contribution in [3.8, 4) is 0 Å². The molecule has 1 aliphatic rings. The van der Waals surface area contributed by atoms with Gasteiger partial charge in [0.25, 0.3) is 0 Å². The Labute approximate surface area is 127 Å². The van der Waals surface area contributed by atoms with Gasteiger partial charge >= 0.3 is 0 Å². The minimum atomic E-state index is -0.214. The van der Waals surface area contributed by atoms with Crippen LogP contribution in [0.4, 0.5) is 0 Å². The fourth-order valence-electron chi connectivity index (χ4n) is 2.98. The van der Waals surface area contributed by atoms with E-state index >= 15 is 0 Å². The Morgan fingerprint density at radius 2 is 2.10 bits per heavy atom. The molecule has 0 fully saturated rings. The van der Waals surface area contributed by atoms with Crippen molar-refractivity contribution in [2.75, 3.05) is 26.2 Å². The lowest BCUT2D eigenvalue weighted by Gasteiger charge is -2.29. The van der Waals surface area contributed by atoms with Gasteiger partial charge in [0.1, 0.15) is 6.04 Å². The van der Waals surface area contributed by atoms with Crippen molar-refractivity contribution in [1.29, 1.82) is 0 Å². The monoisotopic (exact) mass is 289 g/mol. The highest BCUT2D eigenvalue weighted by Gasteiger charge is 2.26. The summed E-state index contributed by atoms with van der Waals surface area (Å²) < 4.78 is 0. The van der Waals surface area contributed by atoms with Crippen molar-refractivity contribution in [1.82, 2.24) is 15.5 Å². The minimum Gasteiger partial charge on any atom is -0.351 e. The molecule has 1 heterocycles. The third kappa shape index (κ3) is 4.05. The van der Waals surface area contributed by atoms with Crippen molar-refractivity contribution in [2.24, 2.45) is 0 Å². The number of amides is 1. The van der Waals surface area contributed by atoms with Gasteiger partial charge in [0.2, 0.25) is 5.91 Å². The van der Waals surface area contributed by atoms with E-state index in [1.165, 1.54) is 5.56 Å². The zero-order valence-electron chi connectivity index (χ0n) is 13.4. The molecule has 2 N–H and O–H groups in total. The van der Waals surface area contributed by atoms with Crippen LogP contribution < -0.4 is 10.6 Å². The lowest BCUT2D eigenvalue weighted by atomic mass is 9.94. The highest BCUT2D eigenvalue weighted by Crippen LogP contribution is 2.22. The number of rotatable bonds is 6. The quantitative estimate of drug-likeness (QED) is 0.838. The van der Waals surface area contributed by atoms with Gasteiger partial charge in [-0.1, -0.05) is 38.1 Å². The number of hydrogen-bond acceptors (Lipinski definition) is 3. The summed E-state index contributed by atoms with van der Waals surface area (Å²) in [5.41, 5.74) is 2.41. The second kappa shape index (κ2) is 7.57. The first-order chi connectivity index (χ1) is 10.2. The van der Waals surface area contributed by atoms with Gasteiger partial charge in [-0.05, 0) is 37.6 Å². The van der Waals surface area contributed by atoms with Crippen LogP contribution in [-0.4, -0.2) is 43.0 Å². The lowest BCUT2D eigenvalue weighted by molar-refractivity contribution is -0.124. The average molecular weight is 289 g/mol. The van der Waals surface area contributed by atoms with Crippen LogP contribution in [0.25, 0.3) is 0 Å². The molecule has 1 aromatic carbocycles. The second-order valence-corrected chi connectivity index (χ2v) is 5.73. The van der Waals surface area contributed by atoms with Gasteiger partial charge in [-0.15, -0.1) is 0 Å². The first-order valence-corrected chi connectivity index (χ1v) is 7.99. The Kier molecular flexibility index (Phi) is 5.76. The molecule has 0 radical (unpaired) electrons. The molecule has 21 heavy (non-hydrogen) atoms. The molecule has 2 atom stereocenters. The SMILES string of the molecule is CCN(CC)CC(C)NC(=O)C1NCCc2ccccc21. The van der Waals surface area contributed by atoms with Gasteiger partial charge in [0.05, 0.1) is 0 Å². The second-order valence-electron chi connectivity index (χ2n) is 5.73. The molecule has 1 amide bonds. The molecular formula is C17H27N3O. The van der Waals surface area contributed by atoms with Crippen molar-refractivity contribution >= 4 is 5.91 Å². The molecule has 0 aromatic heterocycles. The molecule has 0 saturated carbocycles. The first kappa shape index (κ1) is 16.0. The maximum absolute atomic E-state index is 12.5. The highest BCUT2D eigenvalue weighted by molar-refractivity contribution is 5.84. The minimum absolute atomic E-state index is 0.0850. The van der Waals surface area contributed by atoms with Crippen LogP contribution in [0.3, 0.4) is 0 Å². The summed E-state index contributed by atoms with van der Waals surface area (Å²) in [5, 5.41) is 6.48. The van der Waals surface area contributed by atoms with Gasteiger partial charge in [0, 0.05) is 19.1 Å². The van der Waals surface area contributed by atoms with Gasteiger partial charge < -0.3 is 15.5 Å². The number of likely N-dealkylation sites (N-methyl/N-ethyl adjacent to an activating group) is 1. The third-order valence-corrected chi connectivity index (χ3v) is 4.19. The zero-order chi connectivity index (χ0) is 15.2. The number of nitrogens with one attached hydrogen (secondary N) is 2. The van der Waals surface area contributed by atoms with E-state index in [0.717, 1.165) is 38.2 Å². The highest BCUT2D eigenvalue weighted by atomic mass is 16.2. The van der Waals surface area contributed by atoms with Gasteiger partial charge in [0.15, 0.2) is 0 Å². The Morgan fingerprint density at radius 3 is 2.81 bits per heavy atom. The van der Waals surface area contributed by atoms with Crippen molar-refractivity contribution in [3.05, 3.63) is 35.4 Å². The van der Waals surface area contributed by atoms with E-state index in [0.29, 0.717) is 0 Å². The fraction of sp³-hybridized carbons (Fsp3) is 0.588. The summed E-state index contributed by atoms with van der Waals surface area (Å²) >= 11 is 0. The van der Waals surface area contributed by atoms with Crippen LogP contribution in [0.2, 0.25) is 0 Å². The molecule has 0 aliphatic carbocycles. The largest absolute Gasteiger partial charge is 0.351 e. The van der Waals surface area contributed by atoms with E-state index in [4.69, 9.17) is 0 Å². The van der Waals surface area contributed by atoms with Gasteiger partial charge in [-0.2, -0.15) is 0 Å².